The summed E-state index contributed by atoms with van der Waals surface area (Å²) >= 11 is 6.90. The van der Waals surface area contributed by atoms with Gasteiger partial charge in [-0.1, -0.05) is 31.9 Å². The average molecular weight is 375 g/mol. The Morgan fingerprint density at radius 1 is 1.39 bits per heavy atom. The molecule has 1 aromatic heterocycles. The van der Waals surface area contributed by atoms with Gasteiger partial charge in [0.05, 0.1) is 0 Å². The minimum atomic E-state index is 0.426. The lowest BCUT2D eigenvalue weighted by atomic mass is 10.2. The summed E-state index contributed by atoms with van der Waals surface area (Å²) in [5.41, 5.74) is 1.10. The highest BCUT2D eigenvalue weighted by atomic mass is 79.9. The molecule has 1 heterocycles. The largest absolute Gasteiger partial charge is 0.485 e. The fraction of sp³-hybridized carbons (Fsp3) is 0.333. The summed E-state index contributed by atoms with van der Waals surface area (Å²) in [5.74, 6) is 1.70. The van der Waals surface area contributed by atoms with Gasteiger partial charge >= 0.3 is 0 Å². The second-order valence-electron chi connectivity index (χ2n) is 3.67. The Labute approximate surface area is 123 Å². The Hall–Kier alpha value is -0.880. The van der Waals surface area contributed by atoms with Gasteiger partial charge in [-0.05, 0) is 25.1 Å². The molecule has 0 aliphatic heterocycles. The number of hydrogen-bond donors (Lipinski definition) is 0. The zero-order chi connectivity index (χ0) is 13.0. The number of aryl methyl sites for hydroxylation is 1. The molecule has 0 spiro atoms. The predicted octanol–water partition coefficient (Wildman–Crippen LogP) is 3.53. The Morgan fingerprint density at radius 2 is 2.22 bits per heavy atom. The van der Waals surface area contributed by atoms with Gasteiger partial charge in [0.15, 0.2) is 5.82 Å². The SMILES string of the molecule is CCn1ncnc1COc1ccc(Br)cc1CBr. The molecule has 0 bridgehead atoms. The van der Waals surface area contributed by atoms with Crippen LogP contribution in [0, 0.1) is 0 Å². The van der Waals surface area contributed by atoms with Crippen molar-refractivity contribution >= 4 is 31.9 Å². The Bertz CT molecular complexity index is 528. The molecule has 0 N–H and O–H groups in total. The molecule has 0 fully saturated rings. The van der Waals surface area contributed by atoms with Gasteiger partial charge in [0, 0.05) is 21.9 Å². The van der Waals surface area contributed by atoms with Crippen LogP contribution >= 0.6 is 31.9 Å². The summed E-state index contributed by atoms with van der Waals surface area (Å²) in [6.45, 7) is 3.25. The van der Waals surface area contributed by atoms with E-state index in [4.69, 9.17) is 4.74 Å². The summed E-state index contributed by atoms with van der Waals surface area (Å²) in [4.78, 5) is 4.18. The molecule has 2 aromatic rings. The minimum absolute atomic E-state index is 0.426. The molecule has 4 nitrogen and oxygen atoms in total. The van der Waals surface area contributed by atoms with E-state index in [1.807, 2.05) is 29.8 Å². The molecule has 0 amide bonds. The lowest BCUT2D eigenvalue weighted by Gasteiger charge is -2.10. The first-order chi connectivity index (χ1) is 8.74. The third-order valence-electron chi connectivity index (χ3n) is 2.52. The monoisotopic (exact) mass is 373 g/mol. The molecular formula is C12H13Br2N3O. The fourth-order valence-corrected chi connectivity index (χ4v) is 2.45. The van der Waals surface area contributed by atoms with E-state index in [9.17, 15) is 0 Å². The van der Waals surface area contributed by atoms with Gasteiger partial charge in [0.1, 0.15) is 18.7 Å². The second-order valence-corrected chi connectivity index (χ2v) is 5.14. The molecule has 0 atom stereocenters. The lowest BCUT2D eigenvalue weighted by Crippen LogP contribution is -2.07. The topological polar surface area (TPSA) is 39.9 Å². The maximum Gasteiger partial charge on any atom is 0.164 e. The van der Waals surface area contributed by atoms with Crippen molar-refractivity contribution < 1.29 is 4.74 Å². The van der Waals surface area contributed by atoms with Gasteiger partial charge in [0.25, 0.3) is 0 Å². The summed E-state index contributed by atoms with van der Waals surface area (Å²) in [6, 6.07) is 5.95. The standard InChI is InChI=1S/C12H13Br2N3O/c1-2-17-12(15-8-16-17)7-18-11-4-3-10(14)5-9(11)6-13/h3-5,8H,2,6-7H2,1H3. The van der Waals surface area contributed by atoms with Crippen LogP contribution in [0.15, 0.2) is 29.0 Å². The predicted molar refractivity (Wildman–Crippen MR) is 76.8 cm³/mol. The van der Waals surface area contributed by atoms with Gasteiger partial charge in [-0.2, -0.15) is 5.10 Å². The van der Waals surface area contributed by atoms with Gasteiger partial charge in [-0.25, -0.2) is 9.67 Å². The van der Waals surface area contributed by atoms with Crippen molar-refractivity contribution in [3.63, 3.8) is 0 Å². The van der Waals surface area contributed by atoms with E-state index in [2.05, 4.69) is 41.9 Å². The van der Waals surface area contributed by atoms with E-state index in [0.717, 1.165) is 33.5 Å². The van der Waals surface area contributed by atoms with E-state index in [1.165, 1.54) is 0 Å². The summed E-state index contributed by atoms with van der Waals surface area (Å²) < 4.78 is 8.66. The van der Waals surface area contributed by atoms with Crippen LogP contribution in [0.4, 0.5) is 0 Å². The van der Waals surface area contributed by atoms with Gasteiger partial charge in [-0.3, -0.25) is 0 Å². The molecule has 0 radical (unpaired) electrons. The second kappa shape index (κ2) is 6.33. The highest BCUT2D eigenvalue weighted by Gasteiger charge is 2.07. The number of ether oxygens (including phenoxy) is 1. The van der Waals surface area contributed by atoms with Crippen LogP contribution in [-0.2, 0) is 18.5 Å². The van der Waals surface area contributed by atoms with Crippen LogP contribution < -0.4 is 4.74 Å². The number of benzene rings is 1. The zero-order valence-electron chi connectivity index (χ0n) is 9.94. The summed E-state index contributed by atoms with van der Waals surface area (Å²) in [6.07, 6.45) is 1.55. The van der Waals surface area contributed by atoms with E-state index in [0.29, 0.717) is 6.61 Å². The molecule has 2 rings (SSSR count). The first-order valence-corrected chi connectivity index (χ1v) is 7.50. The van der Waals surface area contributed by atoms with Gasteiger partial charge in [-0.15, -0.1) is 0 Å². The van der Waals surface area contributed by atoms with E-state index >= 15 is 0 Å². The van der Waals surface area contributed by atoms with Crippen molar-refractivity contribution in [3.8, 4) is 5.75 Å². The minimum Gasteiger partial charge on any atom is -0.485 e. The fourth-order valence-electron chi connectivity index (χ4n) is 1.60. The van der Waals surface area contributed by atoms with E-state index in [1.54, 1.807) is 6.33 Å². The van der Waals surface area contributed by atoms with Gasteiger partial charge in [0.2, 0.25) is 0 Å². The van der Waals surface area contributed by atoms with Crippen LogP contribution in [0.1, 0.15) is 18.3 Å². The van der Waals surface area contributed by atoms with Crippen LogP contribution in [0.25, 0.3) is 0 Å². The molecular weight excluding hydrogens is 362 g/mol. The molecule has 0 saturated carbocycles. The Kier molecular flexibility index (Phi) is 4.77. The van der Waals surface area contributed by atoms with Crippen LogP contribution in [0.5, 0.6) is 5.75 Å². The average Bonchev–Trinajstić information content (AvgIpc) is 2.84. The zero-order valence-corrected chi connectivity index (χ0v) is 13.1. The van der Waals surface area contributed by atoms with Crippen molar-refractivity contribution in [1.29, 1.82) is 0 Å². The number of aromatic nitrogens is 3. The van der Waals surface area contributed by atoms with Crippen molar-refractivity contribution in [2.24, 2.45) is 0 Å². The molecule has 1 aromatic carbocycles. The summed E-state index contributed by atoms with van der Waals surface area (Å²) in [7, 11) is 0. The number of alkyl halides is 1. The number of nitrogens with zero attached hydrogens (tertiary/aromatic N) is 3. The highest BCUT2D eigenvalue weighted by Crippen LogP contribution is 2.25. The van der Waals surface area contributed by atoms with E-state index in [-0.39, 0.29) is 0 Å². The normalized spacial score (nSPS) is 10.6. The third-order valence-corrected chi connectivity index (χ3v) is 3.62. The number of hydrogen-bond acceptors (Lipinski definition) is 3. The van der Waals surface area contributed by atoms with Crippen molar-refractivity contribution in [2.45, 2.75) is 25.4 Å². The van der Waals surface area contributed by atoms with Gasteiger partial charge < -0.3 is 4.74 Å². The number of halogens is 2. The quantitative estimate of drug-likeness (QED) is 0.751. The van der Waals surface area contributed by atoms with Crippen molar-refractivity contribution in [2.75, 3.05) is 0 Å². The van der Waals surface area contributed by atoms with Crippen molar-refractivity contribution in [1.82, 2.24) is 14.8 Å². The van der Waals surface area contributed by atoms with Crippen molar-refractivity contribution in [3.05, 3.63) is 40.4 Å². The third kappa shape index (κ3) is 3.11. The first kappa shape index (κ1) is 13.5. The lowest BCUT2D eigenvalue weighted by molar-refractivity contribution is 0.285. The first-order valence-electron chi connectivity index (χ1n) is 5.58. The molecule has 0 aliphatic carbocycles. The van der Waals surface area contributed by atoms with Crippen LogP contribution in [0.3, 0.4) is 0 Å². The highest BCUT2D eigenvalue weighted by molar-refractivity contribution is 9.10. The number of rotatable bonds is 5. The molecule has 96 valence electrons. The Morgan fingerprint density at radius 3 is 2.94 bits per heavy atom. The summed E-state index contributed by atoms with van der Waals surface area (Å²) in [5, 5.41) is 4.86. The van der Waals surface area contributed by atoms with E-state index < -0.39 is 0 Å². The molecule has 18 heavy (non-hydrogen) atoms. The smallest absolute Gasteiger partial charge is 0.164 e. The van der Waals surface area contributed by atoms with Crippen LogP contribution in [-0.4, -0.2) is 14.8 Å². The molecule has 0 aliphatic rings. The maximum atomic E-state index is 5.80. The molecule has 0 unspecified atom stereocenters. The Balaban J connectivity index is 2.10. The van der Waals surface area contributed by atoms with Crippen LogP contribution in [0.2, 0.25) is 0 Å². The molecule has 6 heteroatoms. The maximum absolute atomic E-state index is 5.80. The molecule has 0 saturated heterocycles.